The van der Waals surface area contributed by atoms with E-state index in [9.17, 15) is 24.3 Å². The van der Waals surface area contributed by atoms with Crippen LogP contribution in [0.2, 0.25) is 0 Å². The SMILES string of the molecule is CSCCC(NC(=O)C(C)NC(=O)C(CCCN=C(N)N)NC(=O)C(N)CCCN=C(N)N)C(=O)O. The Labute approximate surface area is 214 Å². The zero-order chi connectivity index (χ0) is 27.7. The van der Waals surface area contributed by atoms with Gasteiger partial charge >= 0.3 is 5.97 Å². The van der Waals surface area contributed by atoms with Crippen molar-refractivity contribution in [3.63, 3.8) is 0 Å². The second-order valence-corrected chi connectivity index (χ2v) is 8.96. The third kappa shape index (κ3) is 14.9. The summed E-state index contributed by atoms with van der Waals surface area (Å²) in [5, 5.41) is 16.8. The Morgan fingerprint density at radius 3 is 1.83 bits per heavy atom. The number of carboxylic acids is 1. The third-order valence-corrected chi connectivity index (χ3v) is 5.50. The molecule has 4 unspecified atom stereocenters. The largest absolute Gasteiger partial charge is 0.480 e. The Morgan fingerprint density at radius 1 is 0.806 bits per heavy atom. The summed E-state index contributed by atoms with van der Waals surface area (Å²) in [4.78, 5) is 56.9. The standard InChI is InChI=1S/C20H40N10O5S/c1-11(15(31)30-14(18(34)35)7-10-36-2)28-17(33)13(6-4-9-27-20(24)25)29-16(32)12(21)5-3-8-26-19(22)23/h11-14H,3-10,21H2,1-2H3,(H,28,33)(H,29,32)(H,30,31)(H,34,35)(H4,22,23,26)(H4,24,25,27). The number of aliphatic carboxylic acids is 1. The first kappa shape index (κ1) is 32.7. The molecule has 16 heteroatoms. The quantitative estimate of drug-likeness (QED) is 0.0479. The van der Waals surface area contributed by atoms with Crippen LogP contribution in [0.4, 0.5) is 0 Å². The number of guanidine groups is 2. The number of amides is 3. The van der Waals surface area contributed by atoms with Crippen LogP contribution in [0.1, 0.15) is 39.0 Å². The van der Waals surface area contributed by atoms with Gasteiger partial charge in [0.2, 0.25) is 17.7 Å². The predicted molar refractivity (Wildman–Crippen MR) is 140 cm³/mol. The van der Waals surface area contributed by atoms with Gasteiger partial charge in [0.15, 0.2) is 11.9 Å². The molecule has 0 radical (unpaired) electrons. The number of nitrogens with two attached hydrogens (primary N) is 5. The van der Waals surface area contributed by atoms with Gasteiger partial charge in [-0.25, -0.2) is 4.79 Å². The maximum atomic E-state index is 12.9. The molecule has 0 fully saturated rings. The minimum absolute atomic E-state index is 0.0670. The van der Waals surface area contributed by atoms with E-state index in [0.29, 0.717) is 25.1 Å². The van der Waals surface area contributed by atoms with Gasteiger partial charge in [-0.1, -0.05) is 0 Å². The van der Waals surface area contributed by atoms with Crippen LogP contribution < -0.4 is 44.6 Å². The van der Waals surface area contributed by atoms with Crippen molar-refractivity contribution in [2.45, 2.75) is 63.2 Å². The van der Waals surface area contributed by atoms with Crippen molar-refractivity contribution in [3.05, 3.63) is 0 Å². The molecule has 0 aromatic carbocycles. The molecule has 0 heterocycles. The highest BCUT2D eigenvalue weighted by Crippen LogP contribution is 2.04. The first-order valence-corrected chi connectivity index (χ1v) is 12.8. The lowest BCUT2D eigenvalue weighted by Gasteiger charge is -2.23. The number of nitrogens with one attached hydrogen (secondary N) is 3. The molecule has 3 amide bonds. The van der Waals surface area contributed by atoms with E-state index in [1.807, 2.05) is 6.26 Å². The molecule has 0 spiro atoms. The zero-order valence-electron chi connectivity index (χ0n) is 20.7. The summed E-state index contributed by atoms with van der Waals surface area (Å²) in [5.41, 5.74) is 27.0. The van der Waals surface area contributed by atoms with Crippen LogP contribution >= 0.6 is 11.8 Å². The van der Waals surface area contributed by atoms with E-state index in [1.165, 1.54) is 18.7 Å². The number of nitrogens with zero attached hydrogens (tertiary/aromatic N) is 2. The number of carbonyl (C=O) groups is 4. The molecule has 36 heavy (non-hydrogen) atoms. The maximum absolute atomic E-state index is 12.9. The summed E-state index contributed by atoms with van der Waals surface area (Å²) in [6.45, 7) is 1.93. The van der Waals surface area contributed by atoms with E-state index in [4.69, 9.17) is 28.7 Å². The topological polar surface area (TPSA) is 279 Å². The number of rotatable bonds is 18. The second-order valence-electron chi connectivity index (χ2n) is 7.98. The van der Waals surface area contributed by atoms with E-state index in [0.717, 1.165) is 0 Å². The number of thioether (sulfide) groups is 1. The van der Waals surface area contributed by atoms with Crippen molar-refractivity contribution in [1.82, 2.24) is 16.0 Å². The van der Waals surface area contributed by atoms with Crippen LogP contribution in [0.25, 0.3) is 0 Å². The van der Waals surface area contributed by atoms with E-state index in [-0.39, 0.29) is 37.7 Å². The Bertz CT molecular complexity index is 787. The second kappa shape index (κ2) is 18.1. The first-order valence-electron chi connectivity index (χ1n) is 11.4. The monoisotopic (exact) mass is 532 g/mol. The molecular weight excluding hydrogens is 492 g/mol. The first-order chi connectivity index (χ1) is 16.9. The van der Waals surface area contributed by atoms with Crippen LogP contribution in [0, 0.1) is 0 Å². The van der Waals surface area contributed by atoms with Crippen LogP contribution in [0.15, 0.2) is 9.98 Å². The van der Waals surface area contributed by atoms with Gasteiger partial charge in [0, 0.05) is 13.1 Å². The Morgan fingerprint density at radius 2 is 1.33 bits per heavy atom. The molecule has 15 nitrogen and oxygen atoms in total. The smallest absolute Gasteiger partial charge is 0.326 e. The van der Waals surface area contributed by atoms with Gasteiger partial charge in [-0.15, -0.1) is 0 Å². The van der Waals surface area contributed by atoms with Gasteiger partial charge < -0.3 is 49.7 Å². The fraction of sp³-hybridized carbons (Fsp3) is 0.700. The van der Waals surface area contributed by atoms with Gasteiger partial charge in [-0.05, 0) is 51.0 Å². The van der Waals surface area contributed by atoms with Crippen LogP contribution in [-0.2, 0) is 19.2 Å². The molecule has 0 rings (SSSR count). The van der Waals surface area contributed by atoms with E-state index < -0.39 is 47.9 Å². The minimum Gasteiger partial charge on any atom is -0.480 e. The lowest BCUT2D eigenvalue weighted by molar-refractivity contribution is -0.142. The van der Waals surface area contributed by atoms with E-state index in [2.05, 4.69) is 25.9 Å². The number of carbonyl (C=O) groups excluding carboxylic acids is 3. The van der Waals surface area contributed by atoms with Gasteiger partial charge in [-0.2, -0.15) is 11.8 Å². The number of hydrogen-bond donors (Lipinski definition) is 9. The highest BCUT2D eigenvalue weighted by atomic mass is 32.2. The molecule has 206 valence electrons. The molecule has 0 aliphatic rings. The average molecular weight is 533 g/mol. The molecule has 0 aliphatic heterocycles. The number of hydrogen-bond acceptors (Lipinski definition) is 8. The molecule has 0 aromatic heterocycles. The molecule has 0 aromatic rings. The molecule has 0 bridgehead atoms. The van der Waals surface area contributed by atoms with Crippen molar-refractivity contribution in [2.75, 3.05) is 25.1 Å². The fourth-order valence-corrected chi connectivity index (χ4v) is 3.34. The van der Waals surface area contributed by atoms with Crippen molar-refractivity contribution in [1.29, 1.82) is 0 Å². The maximum Gasteiger partial charge on any atom is 0.326 e. The Kier molecular flexibility index (Phi) is 16.4. The molecule has 0 saturated heterocycles. The summed E-state index contributed by atoms with van der Waals surface area (Å²) < 4.78 is 0. The minimum atomic E-state index is -1.17. The molecule has 14 N–H and O–H groups in total. The van der Waals surface area contributed by atoms with Gasteiger partial charge in [-0.3, -0.25) is 24.4 Å². The van der Waals surface area contributed by atoms with Crippen molar-refractivity contribution >= 4 is 47.4 Å². The normalized spacial score (nSPS) is 13.9. The summed E-state index contributed by atoms with van der Waals surface area (Å²) in [5.74, 6) is -2.69. The van der Waals surface area contributed by atoms with Crippen molar-refractivity contribution in [2.24, 2.45) is 38.7 Å². The Balaban J connectivity index is 5.15. The number of carboxylic acid groups (broad SMARTS) is 1. The van der Waals surface area contributed by atoms with E-state index >= 15 is 0 Å². The molecule has 0 saturated carbocycles. The predicted octanol–water partition coefficient (Wildman–Crippen LogP) is -3.27. The average Bonchev–Trinajstić information content (AvgIpc) is 2.80. The lowest BCUT2D eigenvalue weighted by Crippen LogP contribution is -2.56. The summed E-state index contributed by atoms with van der Waals surface area (Å²) in [7, 11) is 0. The highest BCUT2D eigenvalue weighted by Gasteiger charge is 2.28. The Hall–Kier alpha value is -3.27. The zero-order valence-corrected chi connectivity index (χ0v) is 21.6. The van der Waals surface area contributed by atoms with Gasteiger partial charge in [0.1, 0.15) is 18.1 Å². The lowest BCUT2D eigenvalue weighted by atomic mass is 10.1. The van der Waals surface area contributed by atoms with Gasteiger partial charge in [0.25, 0.3) is 0 Å². The van der Waals surface area contributed by atoms with Crippen LogP contribution in [0.5, 0.6) is 0 Å². The fourth-order valence-electron chi connectivity index (χ4n) is 2.87. The molecule has 4 atom stereocenters. The summed E-state index contributed by atoms with van der Waals surface area (Å²) in [6.07, 6.45) is 3.29. The van der Waals surface area contributed by atoms with Crippen LogP contribution in [0.3, 0.4) is 0 Å². The van der Waals surface area contributed by atoms with Crippen molar-refractivity contribution in [3.8, 4) is 0 Å². The van der Waals surface area contributed by atoms with Crippen molar-refractivity contribution < 1.29 is 24.3 Å². The third-order valence-electron chi connectivity index (χ3n) is 4.86. The molecule has 0 aliphatic carbocycles. The highest BCUT2D eigenvalue weighted by molar-refractivity contribution is 7.98. The number of aliphatic imine (C=N–C) groups is 2. The molecular formula is C20H40N10O5S. The summed E-state index contributed by atoms with van der Waals surface area (Å²) >= 11 is 1.45. The van der Waals surface area contributed by atoms with E-state index in [1.54, 1.807) is 0 Å². The summed E-state index contributed by atoms with van der Waals surface area (Å²) in [6, 6.07) is -4.09. The van der Waals surface area contributed by atoms with Crippen LogP contribution in [-0.4, -0.2) is 90.0 Å². The van der Waals surface area contributed by atoms with Gasteiger partial charge in [0.05, 0.1) is 6.04 Å².